The zero-order valence-corrected chi connectivity index (χ0v) is 12.4. The molecule has 1 aliphatic rings. The van der Waals surface area contributed by atoms with E-state index in [2.05, 4.69) is 40.5 Å². The number of hydrogen-bond donors (Lipinski definition) is 2. The van der Waals surface area contributed by atoms with Crippen molar-refractivity contribution in [3.63, 3.8) is 0 Å². The average molecular weight is 286 g/mol. The highest BCUT2D eigenvalue weighted by molar-refractivity contribution is 5.41. The summed E-state index contributed by atoms with van der Waals surface area (Å²) in [5.74, 6) is 0. The van der Waals surface area contributed by atoms with E-state index >= 15 is 0 Å². The lowest BCUT2D eigenvalue weighted by Gasteiger charge is -2.28. The molecule has 3 rings (SSSR count). The van der Waals surface area contributed by atoms with Crippen molar-refractivity contribution >= 4 is 0 Å². The van der Waals surface area contributed by atoms with Gasteiger partial charge >= 0.3 is 0 Å². The maximum atomic E-state index is 9.64. The minimum Gasteiger partial charge on any atom is -0.394 e. The number of rotatable bonds is 5. The van der Waals surface area contributed by atoms with Crippen LogP contribution >= 0.6 is 0 Å². The van der Waals surface area contributed by atoms with Crippen LogP contribution in [0.25, 0.3) is 5.69 Å². The molecule has 5 nitrogen and oxygen atoms in total. The molecule has 0 amide bonds. The summed E-state index contributed by atoms with van der Waals surface area (Å²) in [6.07, 6.45) is 7.80. The number of aryl methyl sites for hydroxylation is 1. The Morgan fingerprint density at radius 3 is 2.76 bits per heavy atom. The Hall–Kier alpha value is -1.72. The largest absolute Gasteiger partial charge is 0.394 e. The molecule has 0 radical (unpaired) electrons. The Balaban J connectivity index is 1.71. The van der Waals surface area contributed by atoms with Crippen LogP contribution in [0, 0.1) is 6.92 Å². The number of aliphatic hydroxyl groups is 1. The van der Waals surface area contributed by atoms with Gasteiger partial charge in [-0.25, -0.2) is 9.67 Å². The van der Waals surface area contributed by atoms with Gasteiger partial charge in [0.15, 0.2) is 0 Å². The lowest BCUT2D eigenvalue weighted by atomic mass is 9.98. The van der Waals surface area contributed by atoms with Gasteiger partial charge < -0.3 is 10.4 Å². The second-order valence-corrected chi connectivity index (χ2v) is 5.96. The molecule has 0 saturated heterocycles. The molecule has 21 heavy (non-hydrogen) atoms. The van der Waals surface area contributed by atoms with Gasteiger partial charge in [0.25, 0.3) is 0 Å². The standard InChI is InChI=1S/C16H22N4O/c1-13-8-14(4-5-15(13)20-12-17-11-19-20)9-18-16(10-21)6-2-3-7-16/h4-5,8,11-12,18,21H,2-3,6-7,9-10H2,1H3. The van der Waals surface area contributed by atoms with Crippen LogP contribution < -0.4 is 5.32 Å². The summed E-state index contributed by atoms with van der Waals surface area (Å²) in [6.45, 7) is 3.10. The summed E-state index contributed by atoms with van der Waals surface area (Å²) >= 11 is 0. The van der Waals surface area contributed by atoms with Crippen LogP contribution in [0.5, 0.6) is 0 Å². The molecule has 0 bridgehead atoms. The fourth-order valence-corrected chi connectivity index (χ4v) is 3.15. The van der Waals surface area contributed by atoms with E-state index < -0.39 is 0 Å². The molecule has 1 heterocycles. The van der Waals surface area contributed by atoms with Gasteiger partial charge in [0.05, 0.1) is 12.3 Å². The quantitative estimate of drug-likeness (QED) is 0.882. The molecule has 1 aromatic heterocycles. The first-order chi connectivity index (χ1) is 10.2. The Morgan fingerprint density at radius 1 is 1.33 bits per heavy atom. The zero-order valence-electron chi connectivity index (χ0n) is 12.4. The van der Waals surface area contributed by atoms with Gasteiger partial charge in [-0.1, -0.05) is 25.0 Å². The normalized spacial score (nSPS) is 17.2. The SMILES string of the molecule is Cc1cc(CNC2(CO)CCCC2)ccc1-n1cncn1. The molecule has 112 valence electrons. The van der Waals surface area contributed by atoms with E-state index in [1.54, 1.807) is 17.3 Å². The van der Waals surface area contributed by atoms with Crippen LogP contribution in [0.15, 0.2) is 30.9 Å². The van der Waals surface area contributed by atoms with E-state index in [-0.39, 0.29) is 12.1 Å². The maximum Gasteiger partial charge on any atom is 0.138 e. The minimum absolute atomic E-state index is 0.0710. The van der Waals surface area contributed by atoms with Crippen LogP contribution in [0.3, 0.4) is 0 Å². The molecule has 5 heteroatoms. The van der Waals surface area contributed by atoms with E-state index in [4.69, 9.17) is 0 Å². The molecule has 0 aliphatic heterocycles. The summed E-state index contributed by atoms with van der Waals surface area (Å²) in [4.78, 5) is 3.98. The van der Waals surface area contributed by atoms with Crippen molar-refractivity contribution in [2.24, 2.45) is 0 Å². The molecular weight excluding hydrogens is 264 g/mol. The van der Waals surface area contributed by atoms with Crippen molar-refractivity contribution in [3.05, 3.63) is 42.0 Å². The first-order valence-corrected chi connectivity index (χ1v) is 7.53. The van der Waals surface area contributed by atoms with E-state index in [0.717, 1.165) is 25.1 Å². The molecule has 1 saturated carbocycles. The third-order valence-corrected chi connectivity index (χ3v) is 4.46. The van der Waals surface area contributed by atoms with Crippen LogP contribution in [-0.2, 0) is 6.54 Å². The summed E-state index contributed by atoms with van der Waals surface area (Å²) in [7, 11) is 0. The van der Waals surface area contributed by atoms with Crippen molar-refractivity contribution in [1.82, 2.24) is 20.1 Å². The maximum absolute atomic E-state index is 9.64. The van der Waals surface area contributed by atoms with E-state index in [0.29, 0.717) is 0 Å². The Labute approximate surface area is 125 Å². The fourth-order valence-electron chi connectivity index (χ4n) is 3.15. The minimum atomic E-state index is -0.0710. The van der Waals surface area contributed by atoms with E-state index in [1.165, 1.54) is 24.0 Å². The van der Waals surface area contributed by atoms with Gasteiger partial charge in [0, 0.05) is 12.1 Å². The van der Waals surface area contributed by atoms with Crippen molar-refractivity contribution in [2.45, 2.75) is 44.7 Å². The third kappa shape index (κ3) is 2.99. The van der Waals surface area contributed by atoms with E-state index in [1.807, 2.05) is 0 Å². The first kappa shape index (κ1) is 14.2. The lowest BCUT2D eigenvalue weighted by Crippen LogP contribution is -2.45. The first-order valence-electron chi connectivity index (χ1n) is 7.53. The molecule has 0 unspecified atom stereocenters. The van der Waals surface area contributed by atoms with Gasteiger partial charge in [0.2, 0.25) is 0 Å². The average Bonchev–Trinajstić information content (AvgIpc) is 3.17. The smallest absolute Gasteiger partial charge is 0.138 e. The van der Waals surface area contributed by atoms with E-state index in [9.17, 15) is 5.11 Å². The van der Waals surface area contributed by atoms with Crippen LogP contribution in [0.4, 0.5) is 0 Å². The highest BCUT2D eigenvalue weighted by atomic mass is 16.3. The van der Waals surface area contributed by atoms with Gasteiger partial charge in [0.1, 0.15) is 12.7 Å². The van der Waals surface area contributed by atoms with Crippen molar-refractivity contribution in [3.8, 4) is 5.69 Å². The highest BCUT2D eigenvalue weighted by Crippen LogP contribution is 2.29. The van der Waals surface area contributed by atoms with Gasteiger partial charge in [-0.2, -0.15) is 5.10 Å². The van der Waals surface area contributed by atoms with Gasteiger partial charge in [-0.3, -0.25) is 0 Å². The van der Waals surface area contributed by atoms with Crippen molar-refractivity contribution in [2.75, 3.05) is 6.61 Å². The molecule has 1 aliphatic carbocycles. The predicted molar refractivity (Wildman–Crippen MR) is 81.2 cm³/mol. The second kappa shape index (κ2) is 5.95. The number of nitrogens with zero attached hydrogens (tertiary/aromatic N) is 3. The number of benzene rings is 1. The number of aromatic nitrogens is 3. The summed E-state index contributed by atoms with van der Waals surface area (Å²) in [5, 5.41) is 17.4. The number of hydrogen-bond acceptors (Lipinski definition) is 4. The Morgan fingerprint density at radius 2 is 2.14 bits per heavy atom. The fraction of sp³-hybridized carbons (Fsp3) is 0.500. The zero-order chi connectivity index (χ0) is 14.7. The summed E-state index contributed by atoms with van der Waals surface area (Å²) < 4.78 is 1.78. The second-order valence-electron chi connectivity index (χ2n) is 5.96. The van der Waals surface area contributed by atoms with Crippen LogP contribution in [0.1, 0.15) is 36.8 Å². The predicted octanol–water partition coefficient (Wildman–Crippen LogP) is 1.97. The monoisotopic (exact) mass is 286 g/mol. The summed E-state index contributed by atoms with van der Waals surface area (Å²) in [5.41, 5.74) is 3.38. The lowest BCUT2D eigenvalue weighted by molar-refractivity contribution is 0.163. The van der Waals surface area contributed by atoms with Gasteiger partial charge in [-0.05, 0) is 37.0 Å². The number of nitrogens with one attached hydrogen (secondary N) is 1. The molecular formula is C16H22N4O. The van der Waals surface area contributed by atoms with Crippen molar-refractivity contribution < 1.29 is 5.11 Å². The molecule has 0 atom stereocenters. The van der Waals surface area contributed by atoms with Crippen LogP contribution in [0.2, 0.25) is 0 Å². The third-order valence-electron chi connectivity index (χ3n) is 4.46. The highest BCUT2D eigenvalue weighted by Gasteiger charge is 2.32. The van der Waals surface area contributed by atoms with Gasteiger partial charge in [-0.15, -0.1) is 0 Å². The number of aliphatic hydroxyl groups excluding tert-OH is 1. The molecule has 1 aromatic carbocycles. The van der Waals surface area contributed by atoms with Crippen LogP contribution in [-0.4, -0.2) is 32.0 Å². The Bertz CT molecular complexity index is 588. The topological polar surface area (TPSA) is 63.0 Å². The molecule has 2 aromatic rings. The van der Waals surface area contributed by atoms with Crippen molar-refractivity contribution in [1.29, 1.82) is 0 Å². The summed E-state index contributed by atoms with van der Waals surface area (Å²) in [6, 6.07) is 6.35. The Kier molecular flexibility index (Phi) is 4.03. The molecule has 1 fully saturated rings. The molecule has 0 spiro atoms. The molecule has 2 N–H and O–H groups in total.